The Morgan fingerprint density at radius 1 is 1.63 bits per heavy atom. The Balaban J connectivity index is 2.23. The molecule has 0 amide bonds. The summed E-state index contributed by atoms with van der Waals surface area (Å²) in [5.41, 5.74) is 0.781. The molecule has 0 aliphatic carbocycles. The van der Waals surface area contributed by atoms with Gasteiger partial charge in [0, 0.05) is 30.3 Å². The van der Waals surface area contributed by atoms with Gasteiger partial charge in [0.2, 0.25) is 0 Å². The minimum atomic E-state index is -3.13. The van der Waals surface area contributed by atoms with E-state index in [9.17, 15) is 8.42 Å². The highest BCUT2D eigenvalue weighted by Crippen LogP contribution is 2.26. The van der Waals surface area contributed by atoms with Gasteiger partial charge in [-0.05, 0) is 7.05 Å². The molecule has 8 heteroatoms. The van der Waals surface area contributed by atoms with Crippen molar-refractivity contribution in [1.82, 2.24) is 10.3 Å². The summed E-state index contributed by atoms with van der Waals surface area (Å²) in [6, 6.07) is 0.410. The molecule has 0 aromatic carbocycles. The number of anilines is 1. The third-order valence-electron chi connectivity index (χ3n) is 3.04. The van der Waals surface area contributed by atoms with Crippen LogP contribution in [-0.4, -0.2) is 49.6 Å². The predicted octanol–water partition coefficient (Wildman–Crippen LogP) is 0.708. The number of sulfone groups is 1. The van der Waals surface area contributed by atoms with Crippen LogP contribution in [0.1, 0.15) is 12.6 Å². The quantitative estimate of drug-likeness (QED) is 0.858. The fraction of sp³-hybridized carbons (Fsp3) is 0.727. The van der Waals surface area contributed by atoms with Crippen LogP contribution in [0.3, 0.4) is 0 Å². The molecule has 0 radical (unpaired) electrons. The summed E-state index contributed by atoms with van der Waals surface area (Å²) in [5.74, 6) is 1.60. The number of nitrogens with zero attached hydrogens (tertiary/aromatic N) is 2. The largest absolute Gasteiger partial charge is 0.432 e. The molecule has 2 heterocycles. The van der Waals surface area contributed by atoms with Crippen LogP contribution in [0, 0.1) is 0 Å². The molecule has 0 bridgehead atoms. The lowest BCUT2D eigenvalue weighted by atomic mass is 10.5. The maximum atomic E-state index is 12.1. The van der Waals surface area contributed by atoms with E-state index in [1.54, 1.807) is 29.8 Å². The highest BCUT2D eigenvalue weighted by Gasteiger charge is 2.35. The van der Waals surface area contributed by atoms with Gasteiger partial charge in [-0.25, -0.2) is 8.42 Å². The van der Waals surface area contributed by atoms with Crippen molar-refractivity contribution in [3.8, 4) is 0 Å². The maximum Gasteiger partial charge on any atom is 0.298 e. The number of thioether (sulfide) groups is 1. The fourth-order valence-electron chi connectivity index (χ4n) is 1.98. The number of aromatic nitrogens is 1. The molecule has 1 aliphatic heterocycles. The molecule has 1 fully saturated rings. The maximum absolute atomic E-state index is 12.1. The van der Waals surface area contributed by atoms with Crippen molar-refractivity contribution in [2.24, 2.45) is 0 Å². The summed E-state index contributed by atoms with van der Waals surface area (Å²) >= 11 is 1.66. The number of hydrogen-bond acceptors (Lipinski definition) is 7. The van der Waals surface area contributed by atoms with Gasteiger partial charge < -0.3 is 14.6 Å². The number of hydrogen-bond donors (Lipinski definition) is 1. The summed E-state index contributed by atoms with van der Waals surface area (Å²) in [6.45, 7) is 2.93. The van der Waals surface area contributed by atoms with Gasteiger partial charge in [0.05, 0.1) is 5.69 Å². The van der Waals surface area contributed by atoms with Gasteiger partial charge in [-0.1, -0.05) is 6.92 Å². The molecule has 19 heavy (non-hydrogen) atoms. The zero-order valence-electron chi connectivity index (χ0n) is 11.1. The first kappa shape index (κ1) is 14.7. The zero-order valence-corrected chi connectivity index (χ0v) is 12.8. The van der Waals surface area contributed by atoms with E-state index in [1.807, 2.05) is 7.05 Å². The highest BCUT2D eigenvalue weighted by molar-refractivity contribution is 8.01. The smallest absolute Gasteiger partial charge is 0.298 e. The van der Waals surface area contributed by atoms with Crippen LogP contribution in [0.5, 0.6) is 0 Å². The molecule has 2 rings (SSSR count). The van der Waals surface area contributed by atoms with E-state index in [2.05, 4.69) is 10.3 Å². The number of oxazole rings is 1. The SMILES string of the molecule is CCS(=O)(=O)C1CSCCN1c1nc(CNC)co1. The molecular weight excluding hydrogens is 286 g/mol. The molecule has 1 aromatic heterocycles. The van der Waals surface area contributed by atoms with Crippen LogP contribution >= 0.6 is 11.8 Å². The monoisotopic (exact) mass is 305 g/mol. The van der Waals surface area contributed by atoms with Gasteiger partial charge in [0.15, 0.2) is 9.84 Å². The van der Waals surface area contributed by atoms with Crippen molar-refractivity contribution >= 4 is 27.6 Å². The third kappa shape index (κ3) is 3.24. The first-order valence-electron chi connectivity index (χ1n) is 6.23. The van der Waals surface area contributed by atoms with E-state index in [1.165, 1.54) is 0 Å². The second-order valence-electron chi connectivity index (χ2n) is 4.33. The van der Waals surface area contributed by atoms with Gasteiger partial charge in [-0.2, -0.15) is 16.7 Å². The number of rotatable bonds is 5. The number of nitrogens with one attached hydrogen (secondary N) is 1. The highest BCUT2D eigenvalue weighted by atomic mass is 32.2. The van der Waals surface area contributed by atoms with E-state index in [0.717, 1.165) is 11.4 Å². The topological polar surface area (TPSA) is 75.4 Å². The average Bonchev–Trinajstić information content (AvgIpc) is 2.88. The van der Waals surface area contributed by atoms with Gasteiger partial charge in [0.25, 0.3) is 6.01 Å². The Morgan fingerprint density at radius 3 is 3.11 bits per heavy atom. The first-order chi connectivity index (χ1) is 9.08. The molecule has 1 unspecified atom stereocenters. The Kier molecular flexibility index (Phi) is 4.75. The predicted molar refractivity (Wildman–Crippen MR) is 77.2 cm³/mol. The second-order valence-corrected chi connectivity index (χ2v) is 7.92. The van der Waals surface area contributed by atoms with Crippen molar-refractivity contribution in [2.75, 3.05) is 35.8 Å². The molecule has 1 N–H and O–H groups in total. The van der Waals surface area contributed by atoms with Gasteiger partial charge >= 0.3 is 0 Å². The van der Waals surface area contributed by atoms with Gasteiger partial charge in [0.1, 0.15) is 11.6 Å². The van der Waals surface area contributed by atoms with Crippen LogP contribution < -0.4 is 10.2 Å². The van der Waals surface area contributed by atoms with Crippen LogP contribution in [-0.2, 0) is 16.4 Å². The first-order valence-corrected chi connectivity index (χ1v) is 9.10. The molecular formula is C11H19N3O3S2. The zero-order chi connectivity index (χ0) is 13.9. The molecule has 0 saturated carbocycles. The minimum Gasteiger partial charge on any atom is -0.432 e. The van der Waals surface area contributed by atoms with Crippen molar-refractivity contribution in [2.45, 2.75) is 18.8 Å². The summed E-state index contributed by atoms with van der Waals surface area (Å²) in [4.78, 5) is 6.12. The van der Waals surface area contributed by atoms with E-state index in [4.69, 9.17) is 4.42 Å². The Bertz CT molecular complexity index is 515. The van der Waals surface area contributed by atoms with E-state index in [-0.39, 0.29) is 5.75 Å². The van der Waals surface area contributed by atoms with Crippen LogP contribution in [0.2, 0.25) is 0 Å². The molecule has 1 atom stereocenters. The third-order valence-corrected chi connectivity index (χ3v) is 6.33. The Hall–Kier alpha value is -0.730. The fourth-order valence-corrected chi connectivity index (χ4v) is 4.94. The molecule has 1 aromatic rings. The lowest BCUT2D eigenvalue weighted by Crippen LogP contribution is -2.48. The van der Waals surface area contributed by atoms with E-state index < -0.39 is 15.2 Å². The Morgan fingerprint density at radius 2 is 2.42 bits per heavy atom. The molecule has 108 valence electrons. The van der Waals surface area contributed by atoms with Crippen molar-refractivity contribution < 1.29 is 12.8 Å². The summed E-state index contributed by atoms with van der Waals surface area (Å²) < 4.78 is 29.7. The summed E-state index contributed by atoms with van der Waals surface area (Å²) in [7, 11) is -1.30. The van der Waals surface area contributed by atoms with Crippen LogP contribution in [0.15, 0.2) is 10.7 Å². The van der Waals surface area contributed by atoms with Crippen LogP contribution in [0.4, 0.5) is 6.01 Å². The summed E-state index contributed by atoms with van der Waals surface area (Å²) in [5, 5.41) is 2.46. The average molecular weight is 305 g/mol. The standard InChI is InChI=1S/C11H19N3O3S2/c1-3-19(15,16)10-8-18-5-4-14(10)11-13-9(6-12-2)7-17-11/h7,10,12H,3-6,8H2,1-2H3. The van der Waals surface area contributed by atoms with Crippen molar-refractivity contribution in [3.05, 3.63) is 12.0 Å². The molecule has 6 nitrogen and oxygen atoms in total. The molecule has 0 spiro atoms. The minimum absolute atomic E-state index is 0.138. The van der Waals surface area contributed by atoms with Gasteiger partial charge in [-0.3, -0.25) is 0 Å². The van der Waals surface area contributed by atoms with E-state index in [0.29, 0.717) is 24.9 Å². The van der Waals surface area contributed by atoms with Crippen molar-refractivity contribution in [3.63, 3.8) is 0 Å². The van der Waals surface area contributed by atoms with Gasteiger partial charge in [-0.15, -0.1) is 0 Å². The van der Waals surface area contributed by atoms with E-state index >= 15 is 0 Å². The molecule has 1 aliphatic rings. The lowest BCUT2D eigenvalue weighted by molar-refractivity contribution is 0.520. The summed E-state index contributed by atoms with van der Waals surface area (Å²) in [6.07, 6.45) is 1.57. The Labute approximate surface area is 117 Å². The van der Waals surface area contributed by atoms with Crippen molar-refractivity contribution in [1.29, 1.82) is 0 Å². The van der Waals surface area contributed by atoms with Crippen LogP contribution in [0.25, 0.3) is 0 Å². The molecule has 1 saturated heterocycles. The second kappa shape index (κ2) is 6.15. The lowest BCUT2D eigenvalue weighted by Gasteiger charge is -2.33. The normalized spacial score (nSPS) is 20.7.